The Labute approximate surface area is 185 Å². The van der Waals surface area contributed by atoms with E-state index in [4.69, 9.17) is 26.2 Å². The summed E-state index contributed by atoms with van der Waals surface area (Å²) in [6.45, 7) is 9.74. The molecule has 2 aromatic heterocycles. The van der Waals surface area contributed by atoms with Gasteiger partial charge in [-0.3, -0.25) is 5.32 Å². The zero-order chi connectivity index (χ0) is 22.8. The Morgan fingerprint density at radius 3 is 2.71 bits per heavy atom. The maximum absolute atomic E-state index is 14.2. The molecule has 0 bridgehead atoms. The molecule has 0 unspecified atom stereocenters. The molecule has 0 aliphatic heterocycles. The first-order valence-electron chi connectivity index (χ1n) is 9.75. The Bertz CT molecular complexity index is 1110. The van der Waals surface area contributed by atoms with Crippen molar-refractivity contribution in [3.63, 3.8) is 0 Å². The van der Waals surface area contributed by atoms with Crippen LogP contribution in [0.1, 0.15) is 5.69 Å². The fourth-order valence-corrected chi connectivity index (χ4v) is 4.02. The molecule has 0 aliphatic carbocycles. The first kappa shape index (κ1) is 23.0. The van der Waals surface area contributed by atoms with Crippen molar-refractivity contribution in [2.75, 3.05) is 11.9 Å². The van der Waals surface area contributed by atoms with Crippen molar-refractivity contribution in [2.45, 2.75) is 39.3 Å². The number of nitrogens with one attached hydrogen (secondary N) is 1. The molecule has 0 spiro atoms. The molecule has 3 rings (SSSR count). The van der Waals surface area contributed by atoms with Crippen molar-refractivity contribution in [1.29, 1.82) is 0 Å². The number of rotatable bonds is 8. The third kappa shape index (κ3) is 5.55. The Morgan fingerprint density at radius 2 is 2.06 bits per heavy atom. The third-order valence-electron chi connectivity index (χ3n) is 4.72. The minimum atomic E-state index is -1.35. The highest BCUT2D eigenvalue weighted by Crippen LogP contribution is 2.38. The average Bonchev–Trinajstić information content (AvgIpc) is 2.92. The second-order valence-corrected chi connectivity index (χ2v) is 14.4. The number of carboxylic acid groups (broad SMARTS) is 1. The maximum Gasteiger partial charge on any atom is 0.409 e. The number of hydrogen-bond acceptors (Lipinski definition) is 4. The molecular weight excluding hydrogens is 441 g/mol. The van der Waals surface area contributed by atoms with Crippen molar-refractivity contribution in [3.05, 3.63) is 47.0 Å². The van der Waals surface area contributed by atoms with Gasteiger partial charge in [-0.05, 0) is 31.2 Å². The van der Waals surface area contributed by atoms with Crippen molar-refractivity contribution < 1.29 is 23.8 Å². The van der Waals surface area contributed by atoms with Gasteiger partial charge in [0.15, 0.2) is 5.82 Å². The van der Waals surface area contributed by atoms with Gasteiger partial charge in [-0.25, -0.2) is 14.2 Å². The molecule has 166 valence electrons. The van der Waals surface area contributed by atoms with Crippen LogP contribution >= 0.6 is 11.6 Å². The Kier molecular flexibility index (Phi) is 6.88. The molecule has 2 heterocycles. The summed E-state index contributed by atoms with van der Waals surface area (Å²) in [5.41, 5.74) is 1.24. The van der Waals surface area contributed by atoms with E-state index in [9.17, 15) is 9.18 Å². The van der Waals surface area contributed by atoms with Crippen LogP contribution in [-0.2, 0) is 11.5 Å². The van der Waals surface area contributed by atoms with Crippen LogP contribution in [0.15, 0.2) is 30.5 Å². The van der Waals surface area contributed by atoms with Crippen LogP contribution < -0.4 is 10.1 Å². The van der Waals surface area contributed by atoms with E-state index in [1.165, 1.54) is 12.1 Å². The summed E-state index contributed by atoms with van der Waals surface area (Å²) >= 11 is 6.58. The standard InChI is InChI=1S/C21H25ClFN3O4Si/c1-13-19(22)18-17(30-14-5-6-16(15(23)11-14)25-21(27)28)7-8-24-20(18)26(13)12-29-9-10-31(2,3)4/h5-8,11,25H,9-10,12H2,1-4H3,(H,27,28). The van der Waals surface area contributed by atoms with Crippen molar-refractivity contribution >= 4 is 42.5 Å². The molecular formula is C21H25ClFN3O4Si. The summed E-state index contributed by atoms with van der Waals surface area (Å²) in [7, 11) is -1.19. The van der Waals surface area contributed by atoms with Crippen molar-refractivity contribution in [1.82, 2.24) is 9.55 Å². The zero-order valence-corrected chi connectivity index (χ0v) is 19.6. The van der Waals surface area contributed by atoms with E-state index in [2.05, 4.69) is 24.6 Å². The number of hydrogen-bond donors (Lipinski definition) is 2. The minimum Gasteiger partial charge on any atom is -0.465 e. The molecule has 0 fully saturated rings. The van der Waals surface area contributed by atoms with Crippen LogP contribution in [0, 0.1) is 12.7 Å². The van der Waals surface area contributed by atoms with E-state index >= 15 is 0 Å². The summed E-state index contributed by atoms with van der Waals surface area (Å²) in [6.07, 6.45) is 0.238. The van der Waals surface area contributed by atoms with Gasteiger partial charge in [-0.1, -0.05) is 31.2 Å². The first-order chi connectivity index (χ1) is 14.6. The van der Waals surface area contributed by atoms with Gasteiger partial charge >= 0.3 is 6.09 Å². The highest BCUT2D eigenvalue weighted by atomic mass is 35.5. The van der Waals surface area contributed by atoms with Gasteiger partial charge in [-0.2, -0.15) is 0 Å². The van der Waals surface area contributed by atoms with Gasteiger partial charge in [0.1, 0.15) is 23.9 Å². The molecule has 0 saturated carbocycles. The lowest BCUT2D eigenvalue weighted by Crippen LogP contribution is -2.22. The predicted octanol–water partition coefficient (Wildman–Crippen LogP) is 6.33. The number of aromatic nitrogens is 2. The van der Waals surface area contributed by atoms with E-state index in [-0.39, 0.29) is 11.4 Å². The molecule has 7 nitrogen and oxygen atoms in total. The average molecular weight is 466 g/mol. The van der Waals surface area contributed by atoms with Gasteiger partial charge in [0.2, 0.25) is 0 Å². The molecule has 2 N–H and O–H groups in total. The predicted molar refractivity (Wildman–Crippen MR) is 122 cm³/mol. The summed E-state index contributed by atoms with van der Waals surface area (Å²) in [4.78, 5) is 15.2. The zero-order valence-electron chi connectivity index (χ0n) is 17.8. The number of nitrogens with zero attached hydrogens (tertiary/aromatic N) is 2. The molecule has 0 radical (unpaired) electrons. The smallest absolute Gasteiger partial charge is 0.409 e. The number of fused-ring (bicyclic) bond motifs is 1. The van der Waals surface area contributed by atoms with Crippen LogP contribution in [0.4, 0.5) is 14.9 Å². The lowest BCUT2D eigenvalue weighted by atomic mass is 10.2. The topological polar surface area (TPSA) is 85.6 Å². The van der Waals surface area contributed by atoms with Gasteiger partial charge in [0.25, 0.3) is 0 Å². The van der Waals surface area contributed by atoms with Crippen LogP contribution in [-0.4, -0.2) is 35.4 Å². The highest BCUT2D eigenvalue weighted by Gasteiger charge is 2.19. The molecule has 10 heteroatoms. The number of pyridine rings is 1. The summed E-state index contributed by atoms with van der Waals surface area (Å²) in [5, 5.41) is 11.8. The van der Waals surface area contributed by atoms with Gasteiger partial charge < -0.3 is 19.1 Å². The van der Waals surface area contributed by atoms with Gasteiger partial charge in [-0.15, -0.1) is 0 Å². The molecule has 0 saturated heterocycles. The number of amides is 1. The van der Waals surface area contributed by atoms with E-state index in [0.29, 0.717) is 35.1 Å². The summed E-state index contributed by atoms with van der Waals surface area (Å²) in [5.74, 6) is -0.132. The SMILES string of the molecule is Cc1c(Cl)c2c(Oc3ccc(NC(=O)O)c(F)c3)ccnc2n1COCC[Si](C)(C)C. The quantitative estimate of drug-likeness (QED) is 0.300. The third-order valence-corrected chi connectivity index (χ3v) is 6.88. The molecule has 31 heavy (non-hydrogen) atoms. The summed E-state index contributed by atoms with van der Waals surface area (Å²) < 4.78 is 27.8. The molecule has 0 aliphatic rings. The first-order valence-corrected chi connectivity index (χ1v) is 13.8. The van der Waals surface area contributed by atoms with Crippen LogP contribution in [0.5, 0.6) is 11.5 Å². The number of benzene rings is 1. The monoisotopic (exact) mass is 465 g/mol. The van der Waals surface area contributed by atoms with Crippen LogP contribution in [0.25, 0.3) is 11.0 Å². The van der Waals surface area contributed by atoms with Crippen molar-refractivity contribution in [2.24, 2.45) is 0 Å². The second-order valence-electron chi connectivity index (χ2n) is 8.36. The van der Waals surface area contributed by atoms with Crippen molar-refractivity contribution in [3.8, 4) is 11.5 Å². The fraction of sp³-hybridized carbons (Fsp3) is 0.333. The molecule has 1 aromatic carbocycles. The second kappa shape index (κ2) is 9.25. The maximum atomic E-state index is 14.2. The number of anilines is 1. The molecule has 1 amide bonds. The Morgan fingerprint density at radius 1 is 1.32 bits per heavy atom. The van der Waals surface area contributed by atoms with E-state index in [0.717, 1.165) is 17.8 Å². The minimum absolute atomic E-state index is 0.157. The molecule has 0 atom stereocenters. The van der Waals surface area contributed by atoms with Crippen LogP contribution in [0.2, 0.25) is 30.7 Å². The van der Waals surface area contributed by atoms with Crippen LogP contribution in [0.3, 0.4) is 0 Å². The summed E-state index contributed by atoms with van der Waals surface area (Å²) in [6, 6.07) is 6.57. The van der Waals surface area contributed by atoms with E-state index < -0.39 is 20.0 Å². The lowest BCUT2D eigenvalue weighted by Gasteiger charge is -2.16. The Hall–Kier alpha value is -2.62. The normalized spacial score (nSPS) is 11.7. The number of halogens is 2. The Balaban J connectivity index is 1.86. The fourth-order valence-electron chi connectivity index (χ4n) is 2.98. The van der Waals surface area contributed by atoms with E-state index in [1.807, 2.05) is 16.8 Å². The highest BCUT2D eigenvalue weighted by molar-refractivity contribution is 6.76. The lowest BCUT2D eigenvalue weighted by molar-refractivity contribution is 0.0886. The number of ether oxygens (including phenoxy) is 2. The van der Waals surface area contributed by atoms with Gasteiger partial charge in [0, 0.05) is 32.6 Å². The largest absolute Gasteiger partial charge is 0.465 e. The van der Waals surface area contributed by atoms with E-state index in [1.54, 1.807) is 12.3 Å². The van der Waals surface area contributed by atoms with Gasteiger partial charge in [0.05, 0.1) is 16.1 Å². The number of carbonyl (C=O) groups is 1. The molecule has 3 aromatic rings.